The molecule has 0 aliphatic carbocycles. The van der Waals surface area contributed by atoms with Crippen molar-refractivity contribution in [2.45, 2.75) is 6.92 Å². The second-order valence-electron chi connectivity index (χ2n) is 6.55. The molecule has 2 heterocycles. The van der Waals surface area contributed by atoms with Crippen molar-refractivity contribution in [1.82, 2.24) is 9.97 Å². The number of amides is 1. The molecule has 2 N–H and O–H groups in total. The van der Waals surface area contributed by atoms with Crippen LogP contribution in [0, 0.1) is 6.92 Å². The minimum atomic E-state index is -0.460. The molecule has 0 radical (unpaired) electrons. The van der Waals surface area contributed by atoms with Crippen LogP contribution in [-0.4, -0.2) is 61.7 Å². The zero-order chi connectivity index (χ0) is 19.2. The Morgan fingerprint density at radius 1 is 1.22 bits per heavy atom. The first-order chi connectivity index (χ1) is 13.1. The van der Waals surface area contributed by atoms with Gasteiger partial charge >= 0.3 is 5.97 Å². The lowest BCUT2D eigenvalue weighted by molar-refractivity contribution is -0.892. The van der Waals surface area contributed by atoms with Gasteiger partial charge in [-0.05, 0) is 25.1 Å². The average molecular weight is 370 g/mol. The molecule has 142 valence electrons. The number of carbonyl (C=O) groups is 2. The number of rotatable bonds is 5. The van der Waals surface area contributed by atoms with Gasteiger partial charge in [0.1, 0.15) is 0 Å². The standard InChI is InChI=1S/C19H23N5O3/c1-14-4-5-16(15(12-14)18(26)27-2)22-17(25)13-23-8-10-24(11-9-23)19-20-6-3-7-21-19/h3-7,12H,8-11,13H2,1-2H3,(H,22,25)/p+1. The van der Waals surface area contributed by atoms with Crippen molar-refractivity contribution in [2.75, 3.05) is 50.1 Å². The molecule has 2 aromatic rings. The van der Waals surface area contributed by atoms with E-state index in [0.29, 0.717) is 17.8 Å². The predicted molar refractivity (Wildman–Crippen MR) is 101 cm³/mol. The number of ether oxygens (including phenoxy) is 1. The third-order valence-corrected chi connectivity index (χ3v) is 4.57. The van der Waals surface area contributed by atoms with Gasteiger partial charge in [-0.1, -0.05) is 11.6 Å². The fourth-order valence-corrected chi connectivity index (χ4v) is 3.12. The Hall–Kier alpha value is -3.00. The lowest BCUT2D eigenvalue weighted by atomic mass is 10.1. The molecule has 1 fully saturated rings. The van der Waals surface area contributed by atoms with Gasteiger partial charge in [0, 0.05) is 12.4 Å². The maximum atomic E-state index is 12.5. The van der Waals surface area contributed by atoms with Crippen molar-refractivity contribution in [2.24, 2.45) is 0 Å². The van der Waals surface area contributed by atoms with Crippen molar-refractivity contribution in [3.05, 3.63) is 47.8 Å². The fourth-order valence-electron chi connectivity index (χ4n) is 3.12. The number of aromatic nitrogens is 2. The van der Waals surface area contributed by atoms with Gasteiger partial charge < -0.3 is 19.9 Å². The van der Waals surface area contributed by atoms with Crippen LogP contribution < -0.4 is 15.1 Å². The molecule has 3 rings (SSSR count). The molecule has 0 bridgehead atoms. The molecule has 0 spiro atoms. The summed E-state index contributed by atoms with van der Waals surface area (Å²) in [6, 6.07) is 7.10. The maximum Gasteiger partial charge on any atom is 0.339 e. The number of hydrogen-bond donors (Lipinski definition) is 2. The van der Waals surface area contributed by atoms with Crippen LogP contribution in [0.1, 0.15) is 15.9 Å². The van der Waals surface area contributed by atoms with Crippen LogP contribution in [-0.2, 0) is 9.53 Å². The second kappa shape index (κ2) is 8.59. The van der Waals surface area contributed by atoms with E-state index in [1.165, 1.54) is 12.0 Å². The van der Waals surface area contributed by atoms with Crippen molar-refractivity contribution in [3.63, 3.8) is 0 Å². The van der Waals surface area contributed by atoms with Gasteiger partial charge in [0.25, 0.3) is 5.91 Å². The molecule has 0 atom stereocenters. The monoisotopic (exact) mass is 370 g/mol. The van der Waals surface area contributed by atoms with E-state index in [9.17, 15) is 9.59 Å². The van der Waals surface area contributed by atoms with Gasteiger partial charge in [-0.15, -0.1) is 0 Å². The Bertz CT molecular complexity index is 804. The molecule has 1 aliphatic rings. The van der Waals surface area contributed by atoms with E-state index >= 15 is 0 Å². The van der Waals surface area contributed by atoms with Crippen molar-refractivity contribution < 1.29 is 19.2 Å². The highest BCUT2D eigenvalue weighted by molar-refractivity contribution is 6.01. The first kappa shape index (κ1) is 18.8. The highest BCUT2D eigenvalue weighted by Crippen LogP contribution is 2.18. The summed E-state index contributed by atoms with van der Waals surface area (Å²) in [6.45, 7) is 5.47. The lowest BCUT2D eigenvalue weighted by Crippen LogP contribution is -3.15. The Morgan fingerprint density at radius 2 is 1.93 bits per heavy atom. The second-order valence-corrected chi connectivity index (χ2v) is 6.55. The number of quaternary nitrogens is 1. The summed E-state index contributed by atoms with van der Waals surface area (Å²) in [5.74, 6) is 0.143. The third kappa shape index (κ3) is 4.79. The first-order valence-corrected chi connectivity index (χ1v) is 8.91. The molecule has 27 heavy (non-hydrogen) atoms. The third-order valence-electron chi connectivity index (χ3n) is 4.57. The van der Waals surface area contributed by atoms with Gasteiger partial charge in [0.2, 0.25) is 5.95 Å². The molecule has 1 aliphatic heterocycles. The normalized spacial score (nSPS) is 14.7. The van der Waals surface area contributed by atoms with Gasteiger partial charge in [-0.3, -0.25) is 4.79 Å². The molecule has 8 nitrogen and oxygen atoms in total. The van der Waals surface area contributed by atoms with Crippen LogP contribution in [0.2, 0.25) is 0 Å². The minimum absolute atomic E-state index is 0.122. The summed E-state index contributed by atoms with van der Waals surface area (Å²) in [5.41, 5.74) is 1.78. The quantitative estimate of drug-likeness (QED) is 0.716. The Balaban J connectivity index is 1.56. The molecule has 8 heteroatoms. The molecule has 1 saturated heterocycles. The van der Waals surface area contributed by atoms with E-state index in [1.807, 2.05) is 13.0 Å². The van der Waals surface area contributed by atoms with E-state index in [-0.39, 0.29) is 5.91 Å². The molecule has 1 aromatic carbocycles. The van der Waals surface area contributed by atoms with Crippen LogP contribution in [0.5, 0.6) is 0 Å². The Kier molecular flexibility index (Phi) is 5.97. The number of nitrogens with one attached hydrogen (secondary N) is 2. The molecular weight excluding hydrogens is 346 g/mol. The van der Waals surface area contributed by atoms with Crippen LogP contribution in [0.3, 0.4) is 0 Å². The Labute approximate surface area is 158 Å². The smallest absolute Gasteiger partial charge is 0.339 e. The largest absolute Gasteiger partial charge is 0.465 e. The number of hydrogen-bond acceptors (Lipinski definition) is 6. The van der Waals surface area contributed by atoms with E-state index in [2.05, 4.69) is 20.2 Å². The first-order valence-electron chi connectivity index (χ1n) is 8.91. The summed E-state index contributed by atoms with van der Waals surface area (Å²) >= 11 is 0. The van der Waals surface area contributed by atoms with Crippen LogP contribution >= 0.6 is 0 Å². The number of benzene rings is 1. The highest BCUT2D eigenvalue weighted by atomic mass is 16.5. The number of anilines is 2. The van der Waals surface area contributed by atoms with E-state index in [4.69, 9.17) is 4.74 Å². The van der Waals surface area contributed by atoms with Gasteiger partial charge in [0.05, 0.1) is 44.5 Å². The van der Waals surface area contributed by atoms with E-state index < -0.39 is 5.97 Å². The summed E-state index contributed by atoms with van der Waals surface area (Å²) in [7, 11) is 1.33. The maximum absolute atomic E-state index is 12.5. The van der Waals surface area contributed by atoms with Crippen molar-refractivity contribution in [1.29, 1.82) is 0 Å². The minimum Gasteiger partial charge on any atom is -0.465 e. The number of aryl methyl sites for hydroxylation is 1. The molecule has 1 aromatic heterocycles. The van der Waals surface area contributed by atoms with Crippen molar-refractivity contribution in [3.8, 4) is 0 Å². The number of carbonyl (C=O) groups excluding carboxylic acids is 2. The predicted octanol–water partition coefficient (Wildman–Crippen LogP) is -0.0848. The number of esters is 1. The van der Waals surface area contributed by atoms with E-state index in [0.717, 1.165) is 37.7 Å². The molecular formula is C19H24N5O3+. The summed E-state index contributed by atoms with van der Waals surface area (Å²) in [5, 5.41) is 2.84. The molecule has 1 amide bonds. The van der Waals surface area contributed by atoms with Gasteiger partial charge in [0.15, 0.2) is 6.54 Å². The summed E-state index contributed by atoms with van der Waals surface area (Å²) in [6.07, 6.45) is 3.46. The topological polar surface area (TPSA) is 88.9 Å². The molecule has 0 saturated carbocycles. The summed E-state index contributed by atoms with van der Waals surface area (Å²) < 4.78 is 4.80. The van der Waals surface area contributed by atoms with Gasteiger partial charge in [-0.25, -0.2) is 14.8 Å². The van der Waals surface area contributed by atoms with Crippen LogP contribution in [0.25, 0.3) is 0 Å². The zero-order valence-electron chi connectivity index (χ0n) is 15.6. The van der Waals surface area contributed by atoms with Crippen LogP contribution in [0.4, 0.5) is 11.6 Å². The van der Waals surface area contributed by atoms with Gasteiger partial charge in [-0.2, -0.15) is 0 Å². The summed E-state index contributed by atoms with van der Waals surface area (Å²) in [4.78, 5) is 36.2. The highest BCUT2D eigenvalue weighted by Gasteiger charge is 2.24. The van der Waals surface area contributed by atoms with Crippen molar-refractivity contribution >= 4 is 23.5 Å². The molecule has 0 unspecified atom stereocenters. The SMILES string of the molecule is COC(=O)c1cc(C)ccc1NC(=O)C[NH+]1CCN(c2ncccn2)CC1. The lowest BCUT2D eigenvalue weighted by Gasteiger charge is -2.31. The Morgan fingerprint density at radius 3 is 2.59 bits per heavy atom. The average Bonchev–Trinajstić information content (AvgIpc) is 2.70. The number of methoxy groups -OCH3 is 1. The fraction of sp³-hybridized carbons (Fsp3) is 0.368. The number of nitrogens with zero attached hydrogens (tertiary/aromatic N) is 3. The van der Waals surface area contributed by atoms with E-state index in [1.54, 1.807) is 30.6 Å². The zero-order valence-corrected chi connectivity index (χ0v) is 15.6. The van der Waals surface area contributed by atoms with Crippen LogP contribution in [0.15, 0.2) is 36.7 Å². The number of piperazine rings is 1.